The maximum atomic E-state index is 11.9. The van der Waals surface area contributed by atoms with Crippen LogP contribution in [0, 0.1) is 10.1 Å². The molecule has 0 spiro atoms. The Bertz CT molecular complexity index is 813. The largest absolute Gasteiger partial charge is 0.462 e. The van der Waals surface area contributed by atoms with Gasteiger partial charge in [0.2, 0.25) is 5.91 Å². The van der Waals surface area contributed by atoms with Crippen LogP contribution in [0.4, 0.5) is 10.7 Å². The Labute approximate surface area is 148 Å². The Morgan fingerprint density at radius 1 is 1.32 bits per heavy atom. The number of esters is 1. The molecule has 2 rings (SSSR count). The smallest absolute Gasteiger partial charge is 0.338 e. The number of benzene rings is 1. The molecule has 0 saturated heterocycles. The number of anilines is 1. The Morgan fingerprint density at radius 2 is 2.12 bits per heavy atom. The van der Waals surface area contributed by atoms with Crippen LogP contribution in [0.1, 0.15) is 28.6 Å². The van der Waals surface area contributed by atoms with Crippen LogP contribution in [0.15, 0.2) is 42.5 Å². The molecule has 0 atom stereocenters. The van der Waals surface area contributed by atoms with Gasteiger partial charge in [0.15, 0.2) is 0 Å². The minimum Gasteiger partial charge on any atom is -0.462 e. The molecule has 0 aliphatic rings. The minimum absolute atomic E-state index is 0.0124. The van der Waals surface area contributed by atoms with Gasteiger partial charge in [-0.15, -0.1) is 0 Å². The first-order chi connectivity index (χ1) is 12.0. The molecule has 8 heteroatoms. The molecule has 25 heavy (non-hydrogen) atoms. The highest BCUT2D eigenvalue weighted by molar-refractivity contribution is 7.16. The first-order valence-electron chi connectivity index (χ1n) is 7.50. The molecule has 0 aliphatic heterocycles. The van der Waals surface area contributed by atoms with Gasteiger partial charge in [0.05, 0.1) is 17.1 Å². The van der Waals surface area contributed by atoms with Gasteiger partial charge in [-0.05, 0) is 36.8 Å². The average molecular weight is 360 g/mol. The van der Waals surface area contributed by atoms with E-state index in [1.165, 1.54) is 24.3 Å². The second-order valence-corrected chi connectivity index (χ2v) is 6.07. The minimum atomic E-state index is -0.481. The van der Waals surface area contributed by atoms with Gasteiger partial charge in [-0.3, -0.25) is 14.9 Å². The lowest BCUT2D eigenvalue weighted by Gasteiger charge is -2.06. The summed E-state index contributed by atoms with van der Waals surface area (Å²) in [5, 5.41) is 13.3. The van der Waals surface area contributed by atoms with Gasteiger partial charge in [-0.2, -0.15) is 0 Å². The van der Waals surface area contributed by atoms with Crippen LogP contribution in [0.25, 0.3) is 6.08 Å². The second-order valence-electron chi connectivity index (χ2n) is 4.97. The zero-order chi connectivity index (χ0) is 18.2. The van der Waals surface area contributed by atoms with Crippen LogP contribution in [-0.4, -0.2) is 23.4 Å². The molecule has 1 amide bonds. The van der Waals surface area contributed by atoms with Gasteiger partial charge in [0, 0.05) is 22.7 Å². The van der Waals surface area contributed by atoms with E-state index in [1.807, 2.05) is 6.92 Å². The lowest BCUT2D eigenvalue weighted by molar-refractivity contribution is -0.380. The normalized spacial score (nSPS) is 10.6. The Balaban J connectivity index is 1.98. The maximum Gasteiger partial charge on any atom is 0.338 e. The van der Waals surface area contributed by atoms with E-state index in [9.17, 15) is 19.7 Å². The molecule has 1 aromatic carbocycles. The summed E-state index contributed by atoms with van der Waals surface area (Å²) in [6.45, 7) is 2.24. The fraction of sp³-hybridized carbons (Fsp3) is 0.176. The number of nitrogens with one attached hydrogen (secondary N) is 1. The number of ether oxygens (including phenoxy) is 1. The zero-order valence-electron chi connectivity index (χ0n) is 13.4. The molecule has 0 radical (unpaired) electrons. The van der Waals surface area contributed by atoms with Crippen molar-refractivity contribution in [2.45, 2.75) is 13.3 Å². The SMILES string of the molecule is CCCOC(=O)c1cccc(NC(=O)/C=C/c2ccc([N+](=O)[O-])s2)c1. The lowest BCUT2D eigenvalue weighted by Crippen LogP contribution is -2.10. The zero-order valence-corrected chi connectivity index (χ0v) is 14.2. The van der Waals surface area contributed by atoms with Crippen molar-refractivity contribution < 1.29 is 19.2 Å². The quantitative estimate of drug-likeness (QED) is 0.350. The van der Waals surface area contributed by atoms with Crippen LogP contribution in [0.5, 0.6) is 0 Å². The van der Waals surface area contributed by atoms with E-state index in [-0.39, 0.29) is 5.00 Å². The molecule has 0 saturated carbocycles. The molecule has 0 aliphatic carbocycles. The molecule has 0 bridgehead atoms. The topological polar surface area (TPSA) is 98.5 Å². The van der Waals surface area contributed by atoms with Crippen molar-refractivity contribution in [3.05, 3.63) is 63.0 Å². The third-order valence-corrected chi connectivity index (χ3v) is 4.00. The highest BCUT2D eigenvalue weighted by Gasteiger charge is 2.09. The van der Waals surface area contributed by atoms with E-state index in [2.05, 4.69) is 5.32 Å². The van der Waals surface area contributed by atoms with E-state index in [0.717, 1.165) is 17.8 Å². The van der Waals surface area contributed by atoms with Crippen molar-refractivity contribution in [1.29, 1.82) is 0 Å². The number of nitro groups is 1. The van der Waals surface area contributed by atoms with Gasteiger partial charge in [0.1, 0.15) is 0 Å². The van der Waals surface area contributed by atoms with Crippen LogP contribution in [0.3, 0.4) is 0 Å². The summed E-state index contributed by atoms with van der Waals surface area (Å²) in [5.41, 5.74) is 0.807. The van der Waals surface area contributed by atoms with Crippen molar-refractivity contribution in [2.75, 3.05) is 11.9 Å². The number of rotatable bonds is 7. The fourth-order valence-electron chi connectivity index (χ4n) is 1.87. The number of carbonyl (C=O) groups is 2. The molecule has 1 aromatic heterocycles. The molecule has 1 N–H and O–H groups in total. The molecule has 7 nitrogen and oxygen atoms in total. The summed E-state index contributed by atoms with van der Waals surface area (Å²) < 4.78 is 5.04. The summed E-state index contributed by atoms with van der Waals surface area (Å²) in [4.78, 5) is 34.5. The summed E-state index contributed by atoms with van der Waals surface area (Å²) >= 11 is 0.976. The van der Waals surface area contributed by atoms with E-state index in [4.69, 9.17) is 4.74 Å². The molecule has 130 valence electrons. The molecule has 0 fully saturated rings. The van der Waals surface area contributed by atoms with Gasteiger partial charge in [-0.25, -0.2) is 4.79 Å². The predicted molar refractivity (Wildman–Crippen MR) is 95.7 cm³/mol. The molecule has 0 unspecified atom stereocenters. The van der Waals surface area contributed by atoms with Crippen molar-refractivity contribution in [1.82, 2.24) is 0 Å². The van der Waals surface area contributed by atoms with Gasteiger partial charge in [0.25, 0.3) is 0 Å². The Hall–Kier alpha value is -3.00. The summed E-state index contributed by atoms with van der Waals surface area (Å²) in [5.74, 6) is -0.852. The number of amides is 1. The third kappa shape index (κ3) is 5.54. The standard InChI is InChI=1S/C17H16N2O5S/c1-2-10-24-17(21)12-4-3-5-13(11-12)18-15(20)8-6-14-7-9-16(25-14)19(22)23/h3-9,11H,2,10H2,1H3,(H,18,20)/b8-6+. The van der Waals surface area contributed by atoms with Gasteiger partial charge < -0.3 is 10.1 Å². The number of nitrogens with zero attached hydrogens (tertiary/aromatic N) is 1. The van der Waals surface area contributed by atoms with E-state index in [0.29, 0.717) is 22.7 Å². The highest BCUT2D eigenvalue weighted by Crippen LogP contribution is 2.24. The summed E-state index contributed by atoms with van der Waals surface area (Å²) in [6.07, 6.45) is 3.50. The van der Waals surface area contributed by atoms with E-state index >= 15 is 0 Å². The second kappa shape index (κ2) is 8.74. The van der Waals surface area contributed by atoms with E-state index < -0.39 is 16.8 Å². The summed E-state index contributed by atoms with van der Waals surface area (Å²) in [7, 11) is 0. The molecule has 1 heterocycles. The number of carbonyl (C=O) groups excluding carboxylic acids is 2. The number of hydrogen-bond donors (Lipinski definition) is 1. The van der Waals surface area contributed by atoms with Crippen molar-refractivity contribution in [3.8, 4) is 0 Å². The van der Waals surface area contributed by atoms with Crippen LogP contribution in [0.2, 0.25) is 0 Å². The number of hydrogen-bond acceptors (Lipinski definition) is 6. The predicted octanol–water partition coefficient (Wildman–Crippen LogP) is 3.88. The van der Waals surface area contributed by atoms with Crippen molar-refractivity contribution >= 4 is 40.0 Å². The van der Waals surface area contributed by atoms with Gasteiger partial charge in [-0.1, -0.05) is 24.3 Å². The molecular weight excluding hydrogens is 344 g/mol. The van der Waals surface area contributed by atoms with Crippen LogP contribution in [-0.2, 0) is 9.53 Å². The Morgan fingerprint density at radius 3 is 2.80 bits per heavy atom. The van der Waals surface area contributed by atoms with Crippen LogP contribution < -0.4 is 5.32 Å². The van der Waals surface area contributed by atoms with Crippen molar-refractivity contribution in [3.63, 3.8) is 0 Å². The van der Waals surface area contributed by atoms with Crippen LogP contribution >= 0.6 is 11.3 Å². The summed E-state index contributed by atoms with van der Waals surface area (Å²) in [6, 6.07) is 9.38. The first-order valence-corrected chi connectivity index (χ1v) is 8.31. The monoisotopic (exact) mass is 360 g/mol. The average Bonchev–Trinajstić information content (AvgIpc) is 3.07. The number of thiophene rings is 1. The molecule has 2 aromatic rings. The van der Waals surface area contributed by atoms with Crippen molar-refractivity contribution in [2.24, 2.45) is 0 Å². The Kier molecular flexibility index (Phi) is 6.41. The van der Waals surface area contributed by atoms with Gasteiger partial charge >= 0.3 is 11.0 Å². The fourth-order valence-corrected chi connectivity index (χ4v) is 2.60. The first kappa shape index (κ1) is 18.3. The van der Waals surface area contributed by atoms with E-state index in [1.54, 1.807) is 24.3 Å². The third-order valence-electron chi connectivity index (χ3n) is 2.99. The maximum absolute atomic E-state index is 11.9. The highest BCUT2D eigenvalue weighted by atomic mass is 32.1. The molecular formula is C17H16N2O5S. The lowest BCUT2D eigenvalue weighted by atomic mass is 10.2.